The second-order valence-corrected chi connectivity index (χ2v) is 5.10. The van der Waals surface area contributed by atoms with Crippen molar-refractivity contribution >= 4 is 21.3 Å². The van der Waals surface area contributed by atoms with Crippen molar-refractivity contribution in [1.82, 2.24) is 9.99 Å². The van der Waals surface area contributed by atoms with E-state index in [1.807, 2.05) is 60.7 Å². The maximum Gasteiger partial charge on any atom is 0.328 e. The van der Waals surface area contributed by atoms with Gasteiger partial charge >= 0.3 is 6.03 Å². The summed E-state index contributed by atoms with van der Waals surface area (Å²) >= 11 is 0. The third-order valence-electron chi connectivity index (χ3n) is 3.47. The Bertz CT molecular complexity index is 619. The average molecular weight is 284 g/mol. The molecule has 1 aliphatic rings. The van der Waals surface area contributed by atoms with Crippen molar-refractivity contribution in [1.29, 1.82) is 0 Å². The number of rotatable bonds is 2. The Morgan fingerprint density at radius 1 is 0.850 bits per heavy atom. The number of carbonyl (C=O) groups is 2. The van der Waals surface area contributed by atoms with Gasteiger partial charge in [-0.3, -0.25) is 4.79 Å². The first-order chi connectivity index (χ1) is 9.66. The van der Waals surface area contributed by atoms with Crippen LogP contribution in [-0.2, 0) is 10.3 Å². The van der Waals surface area contributed by atoms with Gasteiger partial charge in [0.1, 0.15) is 0 Å². The highest BCUT2D eigenvalue weighted by Gasteiger charge is 2.52. The molecule has 20 heavy (non-hydrogen) atoms. The van der Waals surface area contributed by atoms with Gasteiger partial charge in [-0.2, -0.15) is 0 Å². The van der Waals surface area contributed by atoms with Crippen LogP contribution in [0.2, 0.25) is 0 Å². The van der Waals surface area contributed by atoms with Crippen LogP contribution in [0.1, 0.15) is 11.1 Å². The van der Waals surface area contributed by atoms with Gasteiger partial charge in [0.2, 0.25) is 0 Å². The maximum absolute atomic E-state index is 12.7. The fourth-order valence-corrected chi connectivity index (χ4v) is 2.74. The summed E-state index contributed by atoms with van der Waals surface area (Å²) in [5.74, 6) is -0.301. The van der Waals surface area contributed by atoms with E-state index in [1.165, 1.54) is 0 Å². The van der Waals surface area contributed by atoms with Gasteiger partial charge < -0.3 is 5.32 Å². The zero-order valence-electron chi connectivity index (χ0n) is 10.6. The fraction of sp³-hybridized carbons (Fsp3) is 0.0667. The van der Waals surface area contributed by atoms with Gasteiger partial charge in [-0.15, -0.1) is 0 Å². The second-order valence-electron chi connectivity index (χ2n) is 4.59. The molecule has 100 valence electrons. The first kappa shape index (κ1) is 12.8. The van der Waals surface area contributed by atoms with Crippen molar-refractivity contribution in [2.24, 2.45) is 0 Å². The van der Waals surface area contributed by atoms with Crippen LogP contribution >= 0.6 is 9.39 Å². The normalized spacial score (nSPS) is 17.1. The maximum atomic E-state index is 12.7. The summed E-state index contributed by atoms with van der Waals surface area (Å²) in [6, 6.07) is 18.1. The molecule has 1 saturated heterocycles. The lowest BCUT2D eigenvalue weighted by Gasteiger charge is -2.27. The van der Waals surface area contributed by atoms with E-state index in [1.54, 1.807) is 0 Å². The average Bonchev–Trinajstić information content (AvgIpc) is 2.74. The van der Waals surface area contributed by atoms with Crippen LogP contribution in [0.25, 0.3) is 0 Å². The quantitative estimate of drug-likeness (QED) is 0.679. The van der Waals surface area contributed by atoms with Gasteiger partial charge in [0.05, 0.1) is 0 Å². The minimum atomic E-state index is -1.15. The molecule has 1 heterocycles. The summed E-state index contributed by atoms with van der Waals surface area (Å²) in [6.45, 7) is 0. The van der Waals surface area contributed by atoms with Gasteiger partial charge in [0.25, 0.3) is 5.91 Å². The van der Waals surface area contributed by atoms with Crippen LogP contribution < -0.4 is 5.32 Å². The number of hydrogen-bond acceptors (Lipinski definition) is 2. The number of urea groups is 1. The van der Waals surface area contributed by atoms with E-state index in [0.717, 1.165) is 15.8 Å². The molecule has 3 amide bonds. The molecule has 1 aliphatic heterocycles. The van der Waals surface area contributed by atoms with Crippen molar-refractivity contribution in [2.45, 2.75) is 5.54 Å². The van der Waals surface area contributed by atoms with Crippen LogP contribution in [0, 0.1) is 0 Å². The first-order valence-corrected chi connectivity index (χ1v) is 6.70. The number of nitrogens with one attached hydrogen (secondary N) is 1. The predicted molar refractivity (Wildman–Crippen MR) is 78.8 cm³/mol. The van der Waals surface area contributed by atoms with E-state index in [0.29, 0.717) is 0 Å². The molecule has 0 aliphatic carbocycles. The molecule has 1 fully saturated rings. The van der Waals surface area contributed by atoms with Gasteiger partial charge in [-0.25, -0.2) is 9.46 Å². The lowest BCUT2D eigenvalue weighted by Crippen LogP contribution is -2.44. The molecule has 1 unspecified atom stereocenters. The summed E-state index contributed by atoms with van der Waals surface area (Å²) in [4.78, 5) is 24.6. The smallest absolute Gasteiger partial charge is 0.315 e. The molecule has 5 heteroatoms. The van der Waals surface area contributed by atoms with Crippen molar-refractivity contribution in [3.8, 4) is 0 Å². The monoisotopic (exact) mass is 284 g/mol. The Morgan fingerprint density at radius 3 is 1.65 bits per heavy atom. The second kappa shape index (κ2) is 4.73. The van der Waals surface area contributed by atoms with Gasteiger partial charge in [-0.05, 0) is 20.5 Å². The molecule has 0 saturated carbocycles. The fourth-order valence-electron chi connectivity index (χ4n) is 2.48. The SMILES string of the molecule is O=C1NC(c2ccccc2)(c2ccccc2)C(=O)N1P. The van der Waals surface area contributed by atoms with Gasteiger partial charge in [0, 0.05) is 0 Å². The molecule has 4 nitrogen and oxygen atoms in total. The summed E-state index contributed by atoms with van der Waals surface area (Å²) in [5, 5.41) is 2.82. The van der Waals surface area contributed by atoms with Crippen LogP contribution in [-0.4, -0.2) is 16.6 Å². The van der Waals surface area contributed by atoms with Crippen LogP contribution in [0.15, 0.2) is 60.7 Å². The highest BCUT2D eigenvalue weighted by molar-refractivity contribution is 7.16. The van der Waals surface area contributed by atoms with E-state index in [-0.39, 0.29) is 5.91 Å². The van der Waals surface area contributed by atoms with Gasteiger partial charge in [0.15, 0.2) is 5.54 Å². The minimum Gasteiger partial charge on any atom is -0.315 e. The highest BCUT2D eigenvalue weighted by atomic mass is 31.0. The van der Waals surface area contributed by atoms with Crippen LogP contribution in [0.5, 0.6) is 0 Å². The molecule has 3 rings (SSSR count). The summed E-state index contributed by atoms with van der Waals surface area (Å²) in [5.41, 5.74) is 0.338. The van der Waals surface area contributed by atoms with Crippen LogP contribution in [0.4, 0.5) is 4.79 Å². The number of nitrogens with zero attached hydrogens (tertiary/aromatic N) is 1. The molecule has 2 aromatic carbocycles. The zero-order valence-corrected chi connectivity index (χ0v) is 11.8. The molecule has 1 atom stereocenters. The highest BCUT2D eigenvalue weighted by Crippen LogP contribution is 2.36. The Labute approximate surface area is 119 Å². The van der Waals surface area contributed by atoms with Crippen molar-refractivity contribution in [3.05, 3.63) is 71.8 Å². The molecule has 0 bridgehead atoms. The molecule has 2 aromatic rings. The number of imide groups is 1. The number of carbonyl (C=O) groups excluding carboxylic acids is 2. The van der Waals surface area contributed by atoms with E-state index in [2.05, 4.69) is 14.7 Å². The molecular formula is C15H13N2O2P. The predicted octanol–water partition coefficient (Wildman–Crippen LogP) is 2.27. The summed E-state index contributed by atoms with van der Waals surface area (Å²) in [6.07, 6.45) is 0. The van der Waals surface area contributed by atoms with E-state index in [4.69, 9.17) is 0 Å². The summed E-state index contributed by atoms with van der Waals surface area (Å²) in [7, 11) is 2.17. The molecule has 0 radical (unpaired) electrons. The molecular weight excluding hydrogens is 271 g/mol. The van der Waals surface area contributed by atoms with Crippen molar-refractivity contribution in [2.75, 3.05) is 0 Å². The lowest BCUT2D eigenvalue weighted by molar-refractivity contribution is -0.126. The minimum absolute atomic E-state index is 0.301. The molecule has 1 N–H and O–H groups in total. The Kier molecular flexibility index (Phi) is 3.03. The Hall–Kier alpha value is -2.19. The standard InChI is InChI=1S/C15H13N2O2P/c18-13-15(16-14(19)17(13)20,11-7-3-1-4-8-11)12-9-5-2-6-10-12/h1-10H,20H2,(H,16,19). The third-order valence-corrected chi connectivity index (χ3v) is 3.94. The Morgan fingerprint density at radius 2 is 1.30 bits per heavy atom. The molecule has 0 spiro atoms. The van der Waals surface area contributed by atoms with Crippen molar-refractivity contribution < 1.29 is 9.59 Å². The van der Waals surface area contributed by atoms with E-state index in [9.17, 15) is 9.59 Å². The number of benzene rings is 2. The lowest BCUT2D eigenvalue weighted by atomic mass is 9.83. The van der Waals surface area contributed by atoms with Crippen molar-refractivity contribution in [3.63, 3.8) is 0 Å². The number of hydrogen-bond donors (Lipinski definition) is 1. The largest absolute Gasteiger partial charge is 0.328 e. The van der Waals surface area contributed by atoms with E-state index >= 15 is 0 Å². The van der Waals surface area contributed by atoms with Crippen LogP contribution in [0.3, 0.4) is 0 Å². The van der Waals surface area contributed by atoms with E-state index < -0.39 is 11.6 Å². The topological polar surface area (TPSA) is 49.4 Å². The third kappa shape index (κ3) is 1.73. The first-order valence-electron chi connectivity index (χ1n) is 6.19. The number of amides is 3. The Balaban J connectivity index is 2.25. The zero-order chi connectivity index (χ0) is 14.2. The summed E-state index contributed by atoms with van der Waals surface area (Å²) < 4.78 is 1.04. The molecule has 0 aromatic heterocycles. The van der Waals surface area contributed by atoms with Gasteiger partial charge in [-0.1, -0.05) is 60.7 Å².